The maximum atomic E-state index is 11.1. The number of aliphatic hydroxyl groups is 1. The van der Waals surface area contributed by atoms with Crippen LogP contribution in [0.1, 0.15) is 42.5 Å². The molecule has 0 spiro atoms. The monoisotopic (exact) mass is 293 g/mol. The fraction of sp³-hybridized carbons (Fsp3) is 0.600. The van der Waals surface area contributed by atoms with E-state index >= 15 is 0 Å². The van der Waals surface area contributed by atoms with Crippen LogP contribution in [0.3, 0.4) is 0 Å². The molecule has 6 nitrogen and oxygen atoms in total. The molecule has 1 saturated carbocycles. The van der Waals surface area contributed by atoms with Gasteiger partial charge in [-0.15, -0.1) is 0 Å². The molecule has 0 radical (unpaired) electrons. The van der Waals surface area contributed by atoms with Gasteiger partial charge in [-0.05, 0) is 32.6 Å². The lowest BCUT2D eigenvalue weighted by atomic mass is 9.85. The largest absolute Gasteiger partial charge is 0.506 e. The summed E-state index contributed by atoms with van der Waals surface area (Å²) in [4.78, 5) is 15.2. The molecule has 1 heterocycles. The van der Waals surface area contributed by atoms with E-state index in [-0.39, 0.29) is 24.2 Å². The fourth-order valence-electron chi connectivity index (χ4n) is 2.85. The average Bonchev–Trinajstić information content (AvgIpc) is 2.49. The van der Waals surface area contributed by atoms with E-state index in [2.05, 4.69) is 10.3 Å². The van der Waals surface area contributed by atoms with E-state index in [1.54, 1.807) is 13.1 Å². The molecule has 1 aromatic rings. The lowest BCUT2D eigenvalue weighted by Gasteiger charge is -2.28. The van der Waals surface area contributed by atoms with Gasteiger partial charge in [0.05, 0.1) is 12.3 Å². The zero-order chi connectivity index (χ0) is 15.4. The van der Waals surface area contributed by atoms with E-state index in [1.807, 2.05) is 0 Å². The van der Waals surface area contributed by atoms with Gasteiger partial charge < -0.3 is 21.3 Å². The third-order valence-electron chi connectivity index (χ3n) is 4.30. The van der Waals surface area contributed by atoms with Crippen molar-refractivity contribution in [3.8, 4) is 5.75 Å². The van der Waals surface area contributed by atoms with Crippen LogP contribution in [0.2, 0.25) is 0 Å². The molecule has 2 rings (SSSR count). The number of nitrogens with zero attached hydrogens (tertiary/aromatic N) is 1. The number of aromatic nitrogens is 1. The molecule has 1 amide bonds. The number of hydrogen-bond acceptors (Lipinski definition) is 5. The van der Waals surface area contributed by atoms with E-state index in [0.717, 1.165) is 25.7 Å². The highest BCUT2D eigenvalue weighted by Gasteiger charge is 2.24. The van der Waals surface area contributed by atoms with Crippen LogP contribution >= 0.6 is 0 Å². The van der Waals surface area contributed by atoms with Gasteiger partial charge in [-0.3, -0.25) is 9.78 Å². The van der Waals surface area contributed by atoms with Crippen molar-refractivity contribution in [2.24, 2.45) is 11.7 Å². The van der Waals surface area contributed by atoms with Crippen LogP contribution in [0.15, 0.2) is 6.20 Å². The minimum atomic E-state index is -0.210. The first-order valence-electron chi connectivity index (χ1n) is 7.32. The molecule has 0 unspecified atom stereocenters. The number of primary amides is 1. The molecule has 1 aromatic heterocycles. The highest BCUT2D eigenvalue weighted by Crippen LogP contribution is 2.27. The van der Waals surface area contributed by atoms with Crippen LogP contribution in [-0.4, -0.2) is 27.1 Å². The molecule has 0 saturated heterocycles. The van der Waals surface area contributed by atoms with Crippen molar-refractivity contribution >= 4 is 5.91 Å². The second kappa shape index (κ2) is 6.87. The van der Waals surface area contributed by atoms with Crippen LogP contribution in [-0.2, 0) is 17.9 Å². The zero-order valence-electron chi connectivity index (χ0n) is 12.3. The van der Waals surface area contributed by atoms with Crippen LogP contribution in [0.4, 0.5) is 0 Å². The number of nitrogens with one attached hydrogen (secondary N) is 1. The minimum Gasteiger partial charge on any atom is -0.506 e. The fourth-order valence-corrected chi connectivity index (χ4v) is 2.85. The molecule has 116 valence electrons. The SMILES string of the molecule is Cc1ncc(CO)c(CNC2CCC(C(N)=O)CC2)c1O. The Hall–Kier alpha value is -1.66. The first-order chi connectivity index (χ1) is 10.0. The molecule has 6 heteroatoms. The molecular weight excluding hydrogens is 270 g/mol. The third kappa shape index (κ3) is 3.71. The van der Waals surface area contributed by atoms with Gasteiger partial charge in [0.1, 0.15) is 5.75 Å². The van der Waals surface area contributed by atoms with Gasteiger partial charge in [0.15, 0.2) is 0 Å². The van der Waals surface area contributed by atoms with Gasteiger partial charge in [0.25, 0.3) is 0 Å². The Bertz CT molecular complexity index is 511. The lowest BCUT2D eigenvalue weighted by molar-refractivity contribution is -0.122. The van der Waals surface area contributed by atoms with Crippen molar-refractivity contribution < 1.29 is 15.0 Å². The number of aromatic hydroxyl groups is 1. The molecule has 21 heavy (non-hydrogen) atoms. The predicted octanol–water partition coefficient (Wildman–Crippen LogP) is 0.722. The number of hydrogen-bond donors (Lipinski definition) is 4. The highest BCUT2D eigenvalue weighted by molar-refractivity contribution is 5.76. The molecule has 1 aliphatic carbocycles. The summed E-state index contributed by atoms with van der Waals surface area (Å²) in [6.07, 6.45) is 5.00. The summed E-state index contributed by atoms with van der Waals surface area (Å²) in [7, 11) is 0. The number of carbonyl (C=O) groups excluding carboxylic acids is 1. The topological polar surface area (TPSA) is 108 Å². The summed E-state index contributed by atoms with van der Waals surface area (Å²) in [6, 6.07) is 0.306. The summed E-state index contributed by atoms with van der Waals surface area (Å²) in [6.45, 7) is 2.07. The van der Waals surface area contributed by atoms with Crippen molar-refractivity contribution in [1.82, 2.24) is 10.3 Å². The summed E-state index contributed by atoms with van der Waals surface area (Å²) in [5.41, 5.74) is 7.21. The van der Waals surface area contributed by atoms with Crippen LogP contribution in [0, 0.1) is 12.8 Å². The summed E-state index contributed by atoms with van der Waals surface area (Å²) in [5.74, 6) is -0.0779. The summed E-state index contributed by atoms with van der Waals surface area (Å²) >= 11 is 0. The molecule has 0 aromatic carbocycles. The number of nitrogens with two attached hydrogens (primary N) is 1. The van der Waals surface area contributed by atoms with Gasteiger partial charge in [-0.1, -0.05) is 0 Å². The molecule has 0 bridgehead atoms. The molecule has 5 N–H and O–H groups in total. The Balaban J connectivity index is 1.95. The number of aryl methyl sites for hydroxylation is 1. The number of aliphatic hydroxyl groups excluding tert-OH is 1. The smallest absolute Gasteiger partial charge is 0.220 e. The van der Waals surface area contributed by atoms with E-state index in [4.69, 9.17) is 5.73 Å². The van der Waals surface area contributed by atoms with Gasteiger partial charge in [-0.25, -0.2) is 0 Å². The standard InChI is InChI=1S/C15H23N3O3/c1-9-14(20)13(11(8-19)6-17-9)7-18-12-4-2-10(3-5-12)15(16)21/h6,10,12,18-20H,2-5,7-8H2,1H3,(H2,16,21). The van der Waals surface area contributed by atoms with Crippen LogP contribution in [0.5, 0.6) is 5.75 Å². The normalized spacial score (nSPS) is 22.2. The molecular formula is C15H23N3O3. The van der Waals surface area contributed by atoms with Crippen molar-refractivity contribution in [3.05, 3.63) is 23.0 Å². The third-order valence-corrected chi connectivity index (χ3v) is 4.30. The summed E-state index contributed by atoms with van der Waals surface area (Å²) in [5, 5.41) is 22.8. The van der Waals surface area contributed by atoms with E-state index in [1.165, 1.54) is 0 Å². The van der Waals surface area contributed by atoms with Crippen molar-refractivity contribution in [1.29, 1.82) is 0 Å². The Morgan fingerprint density at radius 1 is 1.43 bits per heavy atom. The number of amides is 1. The Morgan fingerprint density at radius 3 is 2.67 bits per heavy atom. The molecule has 0 aliphatic heterocycles. The Labute approximate surface area is 124 Å². The Kier molecular flexibility index (Phi) is 5.14. The number of rotatable bonds is 5. The predicted molar refractivity (Wildman–Crippen MR) is 78.3 cm³/mol. The minimum absolute atomic E-state index is 0.00683. The molecule has 1 aliphatic rings. The van der Waals surface area contributed by atoms with Crippen molar-refractivity contribution in [2.45, 2.75) is 51.8 Å². The first-order valence-corrected chi connectivity index (χ1v) is 7.32. The van der Waals surface area contributed by atoms with E-state index in [0.29, 0.717) is 29.4 Å². The van der Waals surface area contributed by atoms with Crippen LogP contribution < -0.4 is 11.1 Å². The molecule has 0 atom stereocenters. The second-order valence-corrected chi connectivity index (χ2v) is 5.69. The van der Waals surface area contributed by atoms with Gasteiger partial charge >= 0.3 is 0 Å². The first kappa shape index (κ1) is 15.7. The lowest BCUT2D eigenvalue weighted by Crippen LogP contribution is -2.36. The van der Waals surface area contributed by atoms with Gasteiger partial charge in [0, 0.05) is 35.8 Å². The second-order valence-electron chi connectivity index (χ2n) is 5.69. The average molecular weight is 293 g/mol. The van der Waals surface area contributed by atoms with Gasteiger partial charge in [0.2, 0.25) is 5.91 Å². The highest BCUT2D eigenvalue weighted by atomic mass is 16.3. The van der Waals surface area contributed by atoms with Crippen molar-refractivity contribution in [2.75, 3.05) is 0 Å². The van der Waals surface area contributed by atoms with Gasteiger partial charge in [-0.2, -0.15) is 0 Å². The molecule has 1 fully saturated rings. The Morgan fingerprint density at radius 2 is 2.10 bits per heavy atom. The quantitative estimate of drug-likeness (QED) is 0.640. The summed E-state index contributed by atoms with van der Waals surface area (Å²) < 4.78 is 0. The van der Waals surface area contributed by atoms with E-state index < -0.39 is 0 Å². The number of carbonyl (C=O) groups is 1. The zero-order valence-corrected chi connectivity index (χ0v) is 12.3. The van der Waals surface area contributed by atoms with E-state index in [9.17, 15) is 15.0 Å². The van der Waals surface area contributed by atoms with Crippen LogP contribution in [0.25, 0.3) is 0 Å². The maximum Gasteiger partial charge on any atom is 0.220 e. The van der Waals surface area contributed by atoms with Crippen molar-refractivity contribution in [3.63, 3.8) is 0 Å². The maximum absolute atomic E-state index is 11.1. The number of pyridine rings is 1.